The fourth-order valence-corrected chi connectivity index (χ4v) is 3.40. The highest BCUT2D eigenvalue weighted by Crippen LogP contribution is 2.34. The number of hydrogen-bond acceptors (Lipinski definition) is 3. The number of ether oxygens (including phenoxy) is 2. The lowest BCUT2D eigenvalue weighted by atomic mass is 9.95. The third kappa shape index (κ3) is 5.13. The molecule has 1 atom stereocenters. The van der Waals surface area contributed by atoms with Crippen LogP contribution in [-0.4, -0.2) is 19.1 Å². The van der Waals surface area contributed by atoms with Crippen molar-refractivity contribution in [3.63, 3.8) is 0 Å². The zero-order valence-electron chi connectivity index (χ0n) is 15.9. The number of fused-ring (bicyclic) bond motifs is 1. The van der Waals surface area contributed by atoms with E-state index in [1.54, 1.807) is 12.1 Å². The summed E-state index contributed by atoms with van der Waals surface area (Å²) in [6.45, 7) is 5.31. The average molecular weight is 448 g/mol. The van der Waals surface area contributed by atoms with Gasteiger partial charge in [0, 0.05) is 22.5 Å². The molecule has 1 N–H and O–H groups in total. The zero-order chi connectivity index (χ0) is 20.1. The van der Waals surface area contributed by atoms with Gasteiger partial charge in [-0.25, -0.2) is 4.39 Å². The largest absolute Gasteiger partial charge is 0.490 e. The standard InChI is InChI=1S/C22H23BrFNO3/c1-14(2)22(16-4-8-19-20(13-16)28-11-3-10-27-19)25-21(26)9-5-15-12-17(23)6-7-18(15)24/h4-9,12-14,22H,3,10-11H2,1-2H3,(H,25,26). The molecule has 4 nitrogen and oxygen atoms in total. The molecule has 2 aromatic rings. The lowest BCUT2D eigenvalue weighted by molar-refractivity contribution is -0.117. The molecule has 0 bridgehead atoms. The van der Waals surface area contributed by atoms with E-state index < -0.39 is 0 Å². The second-order valence-corrected chi connectivity index (χ2v) is 7.90. The molecule has 0 aromatic heterocycles. The normalized spacial score (nSPS) is 14.8. The lowest BCUT2D eigenvalue weighted by Gasteiger charge is -2.23. The van der Waals surface area contributed by atoms with Gasteiger partial charge in [-0.3, -0.25) is 4.79 Å². The Bertz CT molecular complexity index is 882. The van der Waals surface area contributed by atoms with Gasteiger partial charge in [-0.15, -0.1) is 0 Å². The molecule has 0 spiro atoms. The first-order valence-electron chi connectivity index (χ1n) is 9.27. The first kappa shape index (κ1) is 20.4. The third-order valence-electron chi connectivity index (χ3n) is 4.47. The van der Waals surface area contributed by atoms with E-state index in [4.69, 9.17) is 9.47 Å². The molecule has 0 radical (unpaired) electrons. The maximum absolute atomic E-state index is 13.8. The van der Waals surface area contributed by atoms with Gasteiger partial charge in [-0.1, -0.05) is 35.8 Å². The molecule has 28 heavy (non-hydrogen) atoms. The van der Waals surface area contributed by atoms with Gasteiger partial charge in [0.1, 0.15) is 5.82 Å². The molecule has 1 unspecified atom stereocenters. The maximum Gasteiger partial charge on any atom is 0.244 e. The van der Waals surface area contributed by atoms with E-state index in [-0.39, 0.29) is 23.7 Å². The number of nitrogens with one attached hydrogen (secondary N) is 1. The van der Waals surface area contributed by atoms with Crippen LogP contribution in [0.3, 0.4) is 0 Å². The van der Waals surface area contributed by atoms with Crippen LogP contribution in [0.1, 0.15) is 37.4 Å². The number of halogens is 2. The summed E-state index contributed by atoms with van der Waals surface area (Å²) >= 11 is 3.31. The van der Waals surface area contributed by atoms with Gasteiger partial charge < -0.3 is 14.8 Å². The van der Waals surface area contributed by atoms with Crippen molar-refractivity contribution in [1.29, 1.82) is 0 Å². The van der Waals surface area contributed by atoms with E-state index in [9.17, 15) is 9.18 Å². The van der Waals surface area contributed by atoms with Crippen LogP contribution in [0.15, 0.2) is 46.9 Å². The van der Waals surface area contributed by atoms with Crippen LogP contribution in [0.25, 0.3) is 6.08 Å². The van der Waals surface area contributed by atoms with Crippen LogP contribution in [0.5, 0.6) is 11.5 Å². The molecule has 0 saturated carbocycles. The Hall–Kier alpha value is -2.34. The number of benzene rings is 2. The highest BCUT2D eigenvalue weighted by molar-refractivity contribution is 9.10. The Morgan fingerprint density at radius 2 is 1.89 bits per heavy atom. The van der Waals surface area contributed by atoms with Gasteiger partial charge in [0.05, 0.1) is 19.3 Å². The summed E-state index contributed by atoms with van der Waals surface area (Å²) in [5.41, 5.74) is 1.29. The Labute approximate surface area is 172 Å². The van der Waals surface area contributed by atoms with Crippen LogP contribution in [0.4, 0.5) is 4.39 Å². The van der Waals surface area contributed by atoms with Crippen molar-refractivity contribution in [2.75, 3.05) is 13.2 Å². The summed E-state index contributed by atoms with van der Waals surface area (Å²) in [4.78, 5) is 12.5. The molecular formula is C22H23BrFNO3. The number of carbonyl (C=O) groups is 1. The van der Waals surface area contributed by atoms with E-state index in [1.807, 2.05) is 32.0 Å². The fraction of sp³-hybridized carbons (Fsp3) is 0.318. The number of rotatable bonds is 5. The lowest BCUT2D eigenvalue weighted by Crippen LogP contribution is -2.30. The summed E-state index contributed by atoms with van der Waals surface area (Å²) in [6, 6.07) is 10.1. The molecule has 6 heteroatoms. The van der Waals surface area contributed by atoms with Gasteiger partial charge in [0.15, 0.2) is 11.5 Å². The minimum absolute atomic E-state index is 0.157. The van der Waals surface area contributed by atoms with E-state index in [1.165, 1.54) is 18.2 Å². The second kappa shape index (κ2) is 9.24. The predicted molar refractivity (Wildman–Crippen MR) is 111 cm³/mol. The van der Waals surface area contributed by atoms with E-state index in [0.29, 0.717) is 24.5 Å². The monoisotopic (exact) mass is 447 g/mol. The smallest absolute Gasteiger partial charge is 0.244 e. The minimum Gasteiger partial charge on any atom is -0.490 e. The van der Waals surface area contributed by atoms with Gasteiger partial charge in [0.25, 0.3) is 0 Å². The van der Waals surface area contributed by atoms with Crippen molar-refractivity contribution in [3.8, 4) is 11.5 Å². The molecule has 1 heterocycles. The predicted octanol–water partition coefficient (Wildman–Crippen LogP) is 5.28. The highest BCUT2D eigenvalue weighted by Gasteiger charge is 2.20. The molecule has 2 aromatic carbocycles. The highest BCUT2D eigenvalue weighted by atomic mass is 79.9. The fourth-order valence-electron chi connectivity index (χ4n) is 3.02. The molecule has 3 rings (SSSR count). The number of amides is 1. The Morgan fingerprint density at radius 3 is 2.64 bits per heavy atom. The summed E-state index contributed by atoms with van der Waals surface area (Å²) < 4.78 is 26.0. The second-order valence-electron chi connectivity index (χ2n) is 6.99. The molecule has 148 valence electrons. The molecule has 1 amide bonds. The van der Waals surface area contributed by atoms with Gasteiger partial charge in [-0.2, -0.15) is 0 Å². The van der Waals surface area contributed by atoms with Crippen LogP contribution in [0, 0.1) is 11.7 Å². The van der Waals surface area contributed by atoms with Gasteiger partial charge >= 0.3 is 0 Å². The van der Waals surface area contributed by atoms with E-state index in [2.05, 4.69) is 21.2 Å². The van der Waals surface area contributed by atoms with Crippen LogP contribution >= 0.6 is 15.9 Å². The SMILES string of the molecule is CC(C)C(NC(=O)C=Cc1cc(Br)ccc1F)c1ccc2c(c1)OCCCO2. The van der Waals surface area contributed by atoms with Crippen LogP contribution < -0.4 is 14.8 Å². The molecule has 0 fully saturated rings. The summed E-state index contributed by atoms with van der Waals surface area (Å²) in [5.74, 6) is 0.909. The molecule has 1 aliphatic rings. The van der Waals surface area contributed by atoms with Crippen LogP contribution in [-0.2, 0) is 4.79 Å². The topological polar surface area (TPSA) is 47.6 Å². The maximum atomic E-state index is 13.8. The van der Waals surface area contributed by atoms with Crippen molar-refractivity contribution in [1.82, 2.24) is 5.32 Å². The van der Waals surface area contributed by atoms with Crippen molar-refractivity contribution in [3.05, 3.63) is 63.9 Å². The van der Waals surface area contributed by atoms with Crippen molar-refractivity contribution >= 4 is 27.9 Å². The zero-order valence-corrected chi connectivity index (χ0v) is 17.5. The Morgan fingerprint density at radius 1 is 1.14 bits per heavy atom. The van der Waals surface area contributed by atoms with E-state index >= 15 is 0 Å². The summed E-state index contributed by atoms with van der Waals surface area (Å²) in [7, 11) is 0. The molecule has 0 saturated heterocycles. The van der Waals surface area contributed by atoms with Crippen molar-refractivity contribution in [2.45, 2.75) is 26.3 Å². The van der Waals surface area contributed by atoms with Gasteiger partial charge in [0.2, 0.25) is 5.91 Å². The van der Waals surface area contributed by atoms with E-state index in [0.717, 1.165) is 22.2 Å². The first-order chi connectivity index (χ1) is 13.4. The minimum atomic E-state index is -0.379. The quantitative estimate of drug-likeness (QED) is 0.634. The average Bonchev–Trinajstić information content (AvgIpc) is 2.91. The van der Waals surface area contributed by atoms with Crippen molar-refractivity contribution < 1.29 is 18.7 Å². The molecular weight excluding hydrogens is 425 g/mol. The molecule has 1 aliphatic heterocycles. The number of carbonyl (C=O) groups excluding carboxylic acids is 1. The Kier molecular flexibility index (Phi) is 6.73. The van der Waals surface area contributed by atoms with Crippen LogP contribution in [0.2, 0.25) is 0 Å². The Balaban J connectivity index is 1.76. The third-order valence-corrected chi connectivity index (χ3v) is 4.96. The number of hydrogen-bond donors (Lipinski definition) is 1. The summed E-state index contributed by atoms with van der Waals surface area (Å²) in [6.07, 6.45) is 3.66. The first-order valence-corrected chi connectivity index (χ1v) is 10.1. The molecule has 0 aliphatic carbocycles. The van der Waals surface area contributed by atoms with Crippen molar-refractivity contribution in [2.24, 2.45) is 5.92 Å². The van der Waals surface area contributed by atoms with Gasteiger partial charge in [-0.05, 0) is 47.9 Å². The summed E-state index contributed by atoms with van der Waals surface area (Å²) in [5, 5.41) is 3.00.